The average molecular weight is 497 g/mol. The molecule has 6 nitrogen and oxygen atoms in total. The highest BCUT2D eigenvalue weighted by Gasteiger charge is 2.37. The molecule has 0 aromatic heterocycles. The zero-order chi connectivity index (χ0) is 21.5. The first-order valence-corrected chi connectivity index (χ1v) is 13.4. The molecule has 2 aliphatic heterocycles. The van der Waals surface area contributed by atoms with Gasteiger partial charge in [-0.25, -0.2) is 8.42 Å². The zero-order valence-electron chi connectivity index (χ0n) is 17.4. The summed E-state index contributed by atoms with van der Waals surface area (Å²) < 4.78 is 26.7. The van der Waals surface area contributed by atoms with Crippen LogP contribution in [0.25, 0.3) is 0 Å². The minimum atomic E-state index is -3.66. The van der Waals surface area contributed by atoms with Crippen LogP contribution in [0, 0.1) is 5.92 Å². The zero-order valence-corrected chi connectivity index (χ0v) is 19.8. The maximum Gasteiger partial charge on any atom is 0.230 e. The normalized spacial score (nSPS) is 21.6. The molecule has 1 aromatic rings. The van der Waals surface area contributed by atoms with Crippen molar-refractivity contribution in [2.45, 2.75) is 69.2 Å². The molecular formula is C22H29BrN2O4S. The highest BCUT2D eigenvalue weighted by Crippen LogP contribution is 2.39. The Labute approximate surface area is 187 Å². The third-order valence-corrected chi connectivity index (χ3v) is 9.23. The number of carbonyl (C=O) groups is 2. The Morgan fingerprint density at radius 2 is 1.90 bits per heavy atom. The van der Waals surface area contributed by atoms with Gasteiger partial charge in [-0.3, -0.25) is 9.59 Å². The van der Waals surface area contributed by atoms with Crippen LogP contribution in [-0.4, -0.2) is 50.0 Å². The Morgan fingerprint density at radius 3 is 2.60 bits per heavy atom. The number of benzene rings is 1. The number of likely N-dealkylation sites (tertiary alicyclic amines) is 1. The van der Waals surface area contributed by atoms with E-state index in [9.17, 15) is 18.0 Å². The molecule has 4 rings (SSSR count). The lowest BCUT2D eigenvalue weighted by Gasteiger charge is -2.35. The Balaban J connectivity index is 1.50. The topological polar surface area (TPSA) is 74.8 Å². The Hall–Kier alpha value is -1.41. The molecular weight excluding hydrogens is 468 g/mol. The Morgan fingerprint density at radius 1 is 1.13 bits per heavy atom. The summed E-state index contributed by atoms with van der Waals surface area (Å²) >= 11 is 3.41. The van der Waals surface area contributed by atoms with Crippen molar-refractivity contribution >= 4 is 43.3 Å². The van der Waals surface area contributed by atoms with Gasteiger partial charge in [0.05, 0.1) is 10.6 Å². The minimum Gasteiger partial charge on any atom is -0.340 e. The quantitative estimate of drug-likeness (QED) is 0.601. The molecule has 1 aromatic carbocycles. The number of anilines is 1. The van der Waals surface area contributed by atoms with Gasteiger partial charge in [-0.15, -0.1) is 0 Å². The number of amides is 2. The molecule has 164 valence electrons. The molecule has 0 radical (unpaired) electrons. The molecule has 2 fully saturated rings. The van der Waals surface area contributed by atoms with E-state index < -0.39 is 9.84 Å². The van der Waals surface area contributed by atoms with E-state index in [-0.39, 0.29) is 40.8 Å². The van der Waals surface area contributed by atoms with Crippen molar-refractivity contribution in [3.8, 4) is 0 Å². The fourth-order valence-corrected chi connectivity index (χ4v) is 7.08. The van der Waals surface area contributed by atoms with E-state index >= 15 is 0 Å². The summed E-state index contributed by atoms with van der Waals surface area (Å²) in [5.41, 5.74) is 1.70. The van der Waals surface area contributed by atoms with Crippen LogP contribution in [0.2, 0.25) is 0 Å². The number of nitrogens with zero attached hydrogens (tertiary/aromatic N) is 2. The maximum atomic E-state index is 13.1. The van der Waals surface area contributed by atoms with Crippen molar-refractivity contribution < 1.29 is 18.0 Å². The lowest BCUT2D eigenvalue weighted by Crippen LogP contribution is -2.43. The summed E-state index contributed by atoms with van der Waals surface area (Å²) in [6.07, 6.45) is 6.57. The molecule has 2 heterocycles. The summed E-state index contributed by atoms with van der Waals surface area (Å²) in [6, 6.07) is 3.67. The van der Waals surface area contributed by atoms with Crippen LogP contribution in [0.15, 0.2) is 21.5 Å². The van der Waals surface area contributed by atoms with Crippen LogP contribution < -0.4 is 4.90 Å². The van der Waals surface area contributed by atoms with Gasteiger partial charge in [-0.05, 0) is 78.6 Å². The number of carbonyl (C=O) groups excluding carboxylic acids is 2. The predicted octanol–water partition coefficient (Wildman–Crippen LogP) is 3.70. The molecule has 1 aliphatic carbocycles. The van der Waals surface area contributed by atoms with Crippen LogP contribution in [0.3, 0.4) is 0 Å². The molecule has 8 heteroatoms. The minimum absolute atomic E-state index is 0.00687. The molecule has 0 unspecified atom stereocenters. The largest absolute Gasteiger partial charge is 0.340 e. The molecule has 3 aliphatic rings. The van der Waals surface area contributed by atoms with Gasteiger partial charge in [-0.2, -0.15) is 0 Å². The summed E-state index contributed by atoms with van der Waals surface area (Å²) in [5.74, 6) is -0.0983. The van der Waals surface area contributed by atoms with Gasteiger partial charge in [0.1, 0.15) is 0 Å². The monoisotopic (exact) mass is 496 g/mol. The highest BCUT2D eigenvalue weighted by molar-refractivity contribution is 9.10. The van der Waals surface area contributed by atoms with Crippen molar-refractivity contribution in [2.24, 2.45) is 5.92 Å². The highest BCUT2D eigenvalue weighted by atomic mass is 79.9. The second kappa shape index (κ2) is 8.61. The van der Waals surface area contributed by atoms with E-state index in [1.54, 1.807) is 11.0 Å². The van der Waals surface area contributed by atoms with Crippen LogP contribution in [0.1, 0.15) is 57.4 Å². The van der Waals surface area contributed by atoms with Crippen molar-refractivity contribution in [1.82, 2.24) is 4.90 Å². The SMILES string of the molecule is CC[C@H]1CCCCN1C(=O)CCS(=O)(=O)c1cc2c(cc1Br)CCN2C(=O)C1CC1. The smallest absolute Gasteiger partial charge is 0.230 e. The molecule has 0 bridgehead atoms. The van der Waals surface area contributed by atoms with Gasteiger partial charge in [0, 0.05) is 41.6 Å². The lowest BCUT2D eigenvalue weighted by atomic mass is 10.00. The summed E-state index contributed by atoms with van der Waals surface area (Å²) in [6.45, 7) is 3.40. The number of fused-ring (bicyclic) bond motifs is 1. The summed E-state index contributed by atoms with van der Waals surface area (Å²) in [5, 5.41) is 0. The van der Waals surface area contributed by atoms with E-state index in [4.69, 9.17) is 0 Å². The number of hydrogen-bond donors (Lipinski definition) is 0. The average Bonchev–Trinajstić information content (AvgIpc) is 3.51. The van der Waals surface area contributed by atoms with Gasteiger partial charge >= 0.3 is 0 Å². The fraction of sp³-hybridized carbons (Fsp3) is 0.636. The van der Waals surface area contributed by atoms with Crippen LogP contribution >= 0.6 is 15.9 Å². The Bertz CT molecular complexity index is 958. The second-order valence-electron chi connectivity index (χ2n) is 8.64. The molecule has 1 saturated heterocycles. The second-order valence-corrected chi connectivity index (χ2v) is 11.6. The van der Waals surface area contributed by atoms with Gasteiger partial charge in [0.25, 0.3) is 0 Å². The standard InChI is InChI=1S/C22H29BrN2O4S/c1-2-17-5-3-4-10-24(17)21(26)9-12-30(28,29)20-14-19-16(13-18(20)23)8-11-25(19)22(27)15-6-7-15/h13-15,17H,2-12H2,1H3/t17-/m0/s1. The first kappa shape index (κ1) is 21.8. The Kier molecular flexibility index (Phi) is 6.26. The van der Waals surface area contributed by atoms with Crippen molar-refractivity contribution in [2.75, 3.05) is 23.7 Å². The maximum absolute atomic E-state index is 13.1. The van der Waals surface area contributed by atoms with Crippen molar-refractivity contribution in [3.05, 3.63) is 22.2 Å². The van der Waals surface area contributed by atoms with E-state index in [1.165, 1.54) is 0 Å². The predicted molar refractivity (Wildman–Crippen MR) is 119 cm³/mol. The van der Waals surface area contributed by atoms with Crippen molar-refractivity contribution in [1.29, 1.82) is 0 Å². The van der Waals surface area contributed by atoms with Gasteiger partial charge in [0.2, 0.25) is 11.8 Å². The number of halogens is 1. The summed E-state index contributed by atoms with van der Waals surface area (Å²) in [7, 11) is -3.66. The molecule has 2 amide bonds. The van der Waals surface area contributed by atoms with E-state index in [0.717, 1.165) is 57.1 Å². The third kappa shape index (κ3) is 4.31. The van der Waals surface area contributed by atoms with E-state index in [1.807, 2.05) is 11.0 Å². The lowest BCUT2D eigenvalue weighted by molar-refractivity contribution is -0.134. The van der Waals surface area contributed by atoms with E-state index in [2.05, 4.69) is 22.9 Å². The van der Waals surface area contributed by atoms with Crippen LogP contribution in [-0.2, 0) is 25.8 Å². The molecule has 1 saturated carbocycles. The van der Waals surface area contributed by atoms with Crippen molar-refractivity contribution in [3.63, 3.8) is 0 Å². The number of sulfone groups is 1. The van der Waals surface area contributed by atoms with E-state index in [0.29, 0.717) is 16.7 Å². The van der Waals surface area contributed by atoms with Gasteiger partial charge < -0.3 is 9.80 Å². The number of piperidine rings is 1. The number of rotatable bonds is 6. The molecule has 0 N–H and O–H groups in total. The first-order valence-electron chi connectivity index (χ1n) is 11.0. The van der Waals surface area contributed by atoms with Crippen LogP contribution in [0.5, 0.6) is 0 Å². The van der Waals surface area contributed by atoms with Gasteiger partial charge in [-0.1, -0.05) is 6.92 Å². The summed E-state index contributed by atoms with van der Waals surface area (Å²) in [4.78, 5) is 29.1. The molecule has 30 heavy (non-hydrogen) atoms. The fourth-order valence-electron chi connectivity index (χ4n) is 4.63. The molecule has 1 atom stereocenters. The number of hydrogen-bond acceptors (Lipinski definition) is 4. The first-order chi connectivity index (χ1) is 14.3. The van der Waals surface area contributed by atoms with Gasteiger partial charge in [0.15, 0.2) is 9.84 Å². The third-order valence-electron chi connectivity index (χ3n) is 6.56. The van der Waals surface area contributed by atoms with Crippen LogP contribution in [0.4, 0.5) is 5.69 Å². The molecule has 0 spiro atoms.